The number of nitrogens with zero attached hydrogens (tertiary/aromatic N) is 1. The first kappa shape index (κ1) is 18.5. The van der Waals surface area contributed by atoms with Crippen molar-refractivity contribution in [2.24, 2.45) is 10.7 Å². The maximum atomic E-state index is 12.6. The monoisotopic (exact) mass is 349 g/mol. The lowest BCUT2D eigenvalue weighted by Crippen LogP contribution is -2.22. The molecule has 0 saturated carbocycles. The lowest BCUT2D eigenvalue weighted by Gasteiger charge is -2.12. The van der Waals surface area contributed by atoms with Gasteiger partial charge in [0.25, 0.3) is 0 Å². The molecule has 7 heteroatoms. The summed E-state index contributed by atoms with van der Waals surface area (Å²) in [5, 5.41) is 2.99. The number of hydrogen-bond acceptors (Lipinski definition) is 3. The number of nitrogens with two attached hydrogens (primary N) is 1. The van der Waals surface area contributed by atoms with Gasteiger partial charge in [-0.15, -0.1) is 0 Å². The van der Waals surface area contributed by atoms with Crippen LogP contribution in [0.4, 0.5) is 14.5 Å². The molecule has 0 aliphatic rings. The van der Waals surface area contributed by atoms with Gasteiger partial charge in [-0.3, -0.25) is 0 Å². The maximum absolute atomic E-state index is 12.6. The second-order valence-electron chi connectivity index (χ2n) is 5.56. The highest BCUT2D eigenvalue weighted by Gasteiger charge is 2.11. The standard InChI is InChI=1S/C18H21F2N3O2/c1-11-6-12(2)8-14(7-11)23-18(21)22-10-13-4-5-15(24-3)9-16(13)25-17(19)20/h4-9,17H,10H2,1-3H3,(H3,21,22,23). The van der Waals surface area contributed by atoms with E-state index in [4.69, 9.17) is 10.5 Å². The maximum Gasteiger partial charge on any atom is 0.387 e. The third-order valence-electron chi connectivity index (χ3n) is 3.40. The topological polar surface area (TPSA) is 68.9 Å². The minimum atomic E-state index is -2.93. The molecule has 0 amide bonds. The minimum absolute atomic E-state index is 0.0114. The van der Waals surface area contributed by atoms with Crippen LogP contribution in [0, 0.1) is 13.8 Å². The van der Waals surface area contributed by atoms with Gasteiger partial charge in [-0.1, -0.05) is 6.07 Å². The average Bonchev–Trinajstić information content (AvgIpc) is 2.52. The van der Waals surface area contributed by atoms with E-state index in [1.54, 1.807) is 12.1 Å². The van der Waals surface area contributed by atoms with Gasteiger partial charge in [0.15, 0.2) is 5.96 Å². The molecule has 0 unspecified atom stereocenters. The molecule has 2 aromatic carbocycles. The molecule has 0 radical (unpaired) electrons. The predicted molar refractivity (Wildman–Crippen MR) is 94.5 cm³/mol. The quantitative estimate of drug-likeness (QED) is 0.614. The molecule has 0 saturated heterocycles. The highest BCUT2D eigenvalue weighted by molar-refractivity contribution is 5.92. The number of aliphatic imine (C=N–C) groups is 1. The average molecular weight is 349 g/mol. The van der Waals surface area contributed by atoms with Crippen molar-refractivity contribution in [1.29, 1.82) is 0 Å². The molecule has 0 bridgehead atoms. The molecule has 0 aliphatic carbocycles. The SMILES string of the molecule is COc1ccc(CN=C(N)Nc2cc(C)cc(C)c2)c(OC(F)F)c1. The summed E-state index contributed by atoms with van der Waals surface area (Å²) >= 11 is 0. The molecular formula is C18H21F2N3O2. The molecule has 2 aromatic rings. The first-order chi connectivity index (χ1) is 11.9. The number of nitrogens with one attached hydrogen (secondary N) is 1. The van der Waals surface area contributed by atoms with Gasteiger partial charge >= 0.3 is 6.61 Å². The molecule has 2 rings (SSSR count). The molecule has 0 heterocycles. The number of aryl methyl sites for hydroxylation is 2. The lowest BCUT2D eigenvalue weighted by molar-refractivity contribution is -0.0505. The zero-order valence-electron chi connectivity index (χ0n) is 14.3. The van der Waals surface area contributed by atoms with E-state index in [-0.39, 0.29) is 18.3 Å². The summed E-state index contributed by atoms with van der Waals surface area (Å²) in [7, 11) is 1.45. The van der Waals surface area contributed by atoms with Crippen LogP contribution in [0.15, 0.2) is 41.4 Å². The summed E-state index contributed by atoms with van der Waals surface area (Å²) in [6, 6.07) is 10.6. The summed E-state index contributed by atoms with van der Waals surface area (Å²) in [5.74, 6) is 0.617. The van der Waals surface area contributed by atoms with Crippen LogP contribution in [0.2, 0.25) is 0 Å². The van der Waals surface area contributed by atoms with Crippen LogP contribution in [0.1, 0.15) is 16.7 Å². The van der Waals surface area contributed by atoms with Crippen LogP contribution in [0.25, 0.3) is 0 Å². The Balaban J connectivity index is 2.13. The van der Waals surface area contributed by atoms with Crippen molar-refractivity contribution in [2.45, 2.75) is 27.0 Å². The second kappa shape index (κ2) is 8.32. The lowest BCUT2D eigenvalue weighted by atomic mass is 10.1. The van der Waals surface area contributed by atoms with E-state index in [1.807, 2.05) is 32.0 Å². The van der Waals surface area contributed by atoms with Gasteiger partial charge in [-0.25, -0.2) is 4.99 Å². The fraction of sp³-hybridized carbons (Fsp3) is 0.278. The first-order valence-electron chi connectivity index (χ1n) is 7.64. The number of anilines is 1. The van der Waals surface area contributed by atoms with Crippen LogP contribution in [-0.2, 0) is 6.54 Å². The van der Waals surface area contributed by atoms with Gasteiger partial charge in [-0.05, 0) is 49.2 Å². The Morgan fingerprint density at radius 2 is 1.84 bits per heavy atom. The number of halogens is 2. The van der Waals surface area contributed by atoms with E-state index >= 15 is 0 Å². The van der Waals surface area contributed by atoms with E-state index in [1.165, 1.54) is 13.2 Å². The van der Waals surface area contributed by atoms with Gasteiger partial charge in [-0.2, -0.15) is 8.78 Å². The Hall–Kier alpha value is -2.83. The number of guanidine groups is 1. The predicted octanol–water partition coefficient (Wildman–Crippen LogP) is 3.84. The van der Waals surface area contributed by atoms with Gasteiger partial charge in [0, 0.05) is 17.3 Å². The third-order valence-corrected chi connectivity index (χ3v) is 3.40. The van der Waals surface area contributed by atoms with E-state index in [9.17, 15) is 8.78 Å². The van der Waals surface area contributed by atoms with E-state index in [0.717, 1.165) is 16.8 Å². The molecule has 134 valence electrons. The molecule has 25 heavy (non-hydrogen) atoms. The highest BCUT2D eigenvalue weighted by atomic mass is 19.3. The van der Waals surface area contributed by atoms with Crippen molar-refractivity contribution >= 4 is 11.6 Å². The molecule has 0 fully saturated rings. The Morgan fingerprint density at radius 3 is 2.44 bits per heavy atom. The Labute approximate surface area is 145 Å². The molecule has 5 nitrogen and oxygen atoms in total. The summed E-state index contributed by atoms with van der Waals surface area (Å²) in [6.45, 7) is 1.13. The fourth-order valence-corrected chi connectivity index (χ4v) is 2.40. The smallest absolute Gasteiger partial charge is 0.387 e. The van der Waals surface area contributed by atoms with Gasteiger partial charge in [0.2, 0.25) is 0 Å². The molecule has 0 aliphatic heterocycles. The zero-order chi connectivity index (χ0) is 18.4. The Kier molecular flexibility index (Phi) is 6.16. The van der Waals surface area contributed by atoms with Gasteiger partial charge in [0.1, 0.15) is 11.5 Å². The van der Waals surface area contributed by atoms with Crippen molar-refractivity contribution in [3.63, 3.8) is 0 Å². The Bertz CT molecular complexity index is 744. The molecule has 0 atom stereocenters. The van der Waals surface area contributed by atoms with Crippen LogP contribution < -0.4 is 20.5 Å². The fourth-order valence-electron chi connectivity index (χ4n) is 2.40. The molecule has 3 N–H and O–H groups in total. The van der Waals surface area contributed by atoms with Crippen LogP contribution >= 0.6 is 0 Å². The number of hydrogen-bond donors (Lipinski definition) is 2. The number of benzene rings is 2. The second-order valence-corrected chi connectivity index (χ2v) is 5.56. The van der Waals surface area contributed by atoms with Crippen LogP contribution in [-0.4, -0.2) is 19.7 Å². The van der Waals surface area contributed by atoms with Gasteiger partial charge in [0.05, 0.1) is 13.7 Å². The van der Waals surface area contributed by atoms with Crippen molar-refractivity contribution < 1.29 is 18.3 Å². The van der Waals surface area contributed by atoms with E-state index < -0.39 is 6.61 Å². The van der Waals surface area contributed by atoms with Crippen LogP contribution in [0.3, 0.4) is 0 Å². The third kappa shape index (κ3) is 5.63. The molecule has 0 aromatic heterocycles. The minimum Gasteiger partial charge on any atom is -0.497 e. The number of alkyl halides is 2. The first-order valence-corrected chi connectivity index (χ1v) is 7.64. The van der Waals surface area contributed by atoms with Crippen molar-refractivity contribution in [1.82, 2.24) is 0 Å². The number of ether oxygens (including phenoxy) is 2. The summed E-state index contributed by atoms with van der Waals surface area (Å²) < 4.78 is 34.7. The zero-order valence-corrected chi connectivity index (χ0v) is 14.3. The Morgan fingerprint density at radius 1 is 1.16 bits per heavy atom. The summed E-state index contributed by atoms with van der Waals surface area (Å²) in [4.78, 5) is 4.19. The van der Waals surface area contributed by atoms with Crippen molar-refractivity contribution in [2.75, 3.05) is 12.4 Å². The van der Waals surface area contributed by atoms with Crippen molar-refractivity contribution in [3.05, 3.63) is 53.1 Å². The van der Waals surface area contributed by atoms with E-state index in [0.29, 0.717) is 11.3 Å². The van der Waals surface area contributed by atoms with Crippen molar-refractivity contribution in [3.8, 4) is 11.5 Å². The largest absolute Gasteiger partial charge is 0.497 e. The number of rotatable bonds is 6. The molecular weight excluding hydrogens is 328 g/mol. The van der Waals surface area contributed by atoms with Gasteiger partial charge < -0.3 is 20.5 Å². The van der Waals surface area contributed by atoms with Crippen LogP contribution in [0.5, 0.6) is 11.5 Å². The summed E-state index contributed by atoms with van der Waals surface area (Å²) in [5.41, 5.74) is 9.37. The van der Waals surface area contributed by atoms with E-state index in [2.05, 4.69) is 15.0 Å². The molecule has 0 spiro atoms. The normalized spacial score (nSPS) is 11.5. The summed E-state index contributed by atoms with van der Waals surface area (Å²) in [6.07, 6.45) is 0. The number of methoxy groups -OCH3 is 1. The highest BCUT2D eigenvalue weighted by Crippen LogP contribution is 2.27.